The van der Waals surface area contributed by atoms with Gasteiger partial charge >= 0.3 is 0 Å². The van der Waals surface area contributed by atoms with Gasteiger partial charge in [0, 0.05) is 12.6 Å². The average Bonchev–Trinajstić information content (AvgIpc) is 2.46. The van der Waals surface area contributed by atoms with E-state index in [0.29, 0.717) is 12.5 Å². The molecule has 72 valence electrons. The first-order chi connectivity index (χ1) is 6.16. The molecule has 1 aromatic heterocycles. The van der Waals surface area contributed by atoms with E-state index >= 15 is 0 Å². The van der Waals surface area contributed by atoms with Crippen molar-refractivity contribution in [2.75, 3.05) is 5.32 Å². The lowest BCUT2D eigenvalue weighted by atomic mass is 10.2. The van der Waals surface area contributed by atoms with Crippen LogP contribution in [0, 0.1) is 0 Å². The van der Waals surface area contributed by atoms with Crippen molar-refractivity contribution < 1.29 is 8.78 Å². The summed E-state index contributed by atoms with van der Waals surface area (Å²) in [6.45, 7) is 2.64. The molecule has 1 N–H and O–H groups in total. The molecule has 1 aliphatic rings. The molecule has 0 spiro atoms. The highest BCUT2D eigenvalue weighted by atomic mass is 19.3. The molecule has 4 nitrogen and oxygen atoms in total. The number of aryl methyl sites for hydroxylation is 1. The molecule has 0 amide bonds. The van der Waals surface area contributed by atoms with Crippen molar-refractivity contribution in [3.63, 3.8) is 0 Å². The molecular weight excluding hydrogens is 178 g/mol. The summed E-state index contributed by atoms with van der Waals surface area (Å²) in [6.07, 6.45) is -1.70. The van der Waals surface area contributed by atoms with Gasteiger partial charge in [0.1, 0.15) is 0 Å². The number of fused-ring (bicyclic) bond motifs is 1. The molecule has 1 unspecified atom stereocenters. The van der Waals surface area contributed by atoms with E-state index in [1.54, 1.807) is 0 Å². The van der Waals surface area contributed by atoms with Gasteiger partial charge in [-0.2, -0.15) is 4.98 Å². The van der Waals surface area contributed by atoms with Crippen molar-refractivity contribution in [3.8, 4) is 0 Å². The van der Waals surface area contributed by atoms with E-state index in [9.17, 15) is 8.78 Å². The molecule has 2 heterocycles. The zero-order valence-corrected chi connectivity index (χ0v) is 7.17. The molecule has 0 fully saturated rings. The number of hydrogen-bond acceptors (Lipinski definition) is 3. The van der Waals surface area contributed by atoms with Crippen molar-refractivity contribution in [1.29, 1.82) is 0 Å². The second-order valence-corrected chi connectivity index (χ2v) is 3.15. The van der Waals surface area contributed by atoms with Crippen LogP contribution in [0.5, 0.6) is 0 Å². The topological polar surface area (TPSA) is 42.7 Å². The number of anilines is 1. The predicted octanol–water partition coefficient (Wildman–Crippen LogP) is 1.42. The molecule has 0 aromatic carbocycles. The molecule has 0 saturated carbocycles. The Morgan fingerprint density at radius 2 is 2.38 bits per heavy atom. The van der Waals surface area contributed by atoms with Gasteiger partial charge in [-0.3, -0.25) is 0 Å². The lowest BCUT2D eigenvalue weighted by molar-refractivity contribution is 0.140. The minimum Gasteiger partial charge on any atom is -0.352 e. The third-order valence-electron chi connectivity index (χ3n) is 2.03. The molecule has 1 atom stereocenters. The highest BCUT2D eigenvalue weighted by Gasteiger charge is 2.21. The van der Waals surface area contributed by atoms with Gasteiger partial charge in [-0.25, -0.2) is 13.5 Å². The van der Waals surface area contributed by atoms with Gasteiger partial charge in [0.2, 0.25) is 11.8 Å². The van der Waals surface area contributed by atoms with E-state index < -0.39 is 12.2 Å². The van der Waals surface area contributed by atoms with Crippen LogP contribution in [-0.4, -0.2) is 20.8 Å². The second-order valence-electron chi connectivity index (χ2n) is 3.15. The molecule has 0 bridgehead atoms. The van der Waals surface area contributed by atoms with Crippen LogP contribution in [0.15, 0.2) is 0 Å². The Balaban J connectivity index is 2.28. The molecule has 0 radical (unpaired) electrons. The predicted molar refractivity (Wildman–Crippen MR) is 42.7 cm³/mol. The summed E-state index contributed by atoms with van der Waals surface area (Å²) < 4.78 is 25.9. The summed E-state index contributed by atoms with van der Waals surface area (Å²) in [5.74, 6) is 0.0608. The smallest absolute Gasteiger partial charge is 0.299 e. The fourth-order valence-corrected chi connectivity index (χ4v) is 1.32. The van der Waals surface area contributed by atoms with Crippen molar-refractivity contribution in [3.05, 3.63) is 5.82 Å². The minimum atomic E-state index is -2.59. The largest absolute Gasteiger partial charge is 0.352 e. The zero-order chi connectivity index (χ0) is 9.42. The summed E-state index contributed by atoms with van der Waals surface area (Å²) in [5.41, 5.74) is 0. The third kappa shape index (κ3) is 1.48. The maximum Gasteiger partial charge on any atom is 0.299 e. The summed E-state index contributed by atoms with van der Waals surface area (Å²) in [5, 5.41) is 6.67. The van der Waals surface area contributed by atoms with E-state index in [4.69, 9.17) is 0 Å². The van der Waals surface area contributed by atoms with Gasteiger partial charge in [-0.1, -0.05) is 0 Å². The van der Waals surface area contributed by atoms with Crippen molar-refractivity contribution in [2.45, 2.75) is 32.4 Å². The lowest BCUT2D eigenvalue weighted by Crippen LogP contribution is -2.26. The van der Waals surface area contributed by atoms with Crippen molar-refractivity contribution in [1.82, 2.24) is 14.8 Å². The molecule has 2 rings (SSSR count). The molecule has 6 heteroatoms. The first-order valence-corrected chi connectivity index (χ1v) is 4.16. The normalized spacial score (nSPS) is 21.4. The molecule has 1 aliphatic heterocycles. The van der Waals surface area contributed by atoms with E-state index in [2.05, 4.69) is 15.4 Å². The third-order valence-corrected chi connectivity index (χ3v) is 2.03. The standard InChI is InChI=1S/C7H10F2N4/c1-4-2-3-13-7(10-4)11-6(12-13)5(8)9/h4-5H,2-3H2,1H3,(H,10,11,12). The first-order valence-electron chi connectivity index (χ1n) is 4.16. The number of hydrogen-bond donors (Lipinski definition) is 1. The Morgan fingerprint density at radius 1 is 1.62 bits per heavy atom. The number of nitrogens with one attached hydrogen (secondary N) is 1. The van der Waals surface area contributed by atoms with E-state index in [1.165, 1.54) is 4.68 Å². The van der Waals surface area contributed by atoms with Gasteiger partial charge in [0.05, 0.1) is 0 Å². The Kier molecular flexibility index (Phi) is 1.90. The number of halogens is 2. The van der Waals surface area contributed by atoms with E-state index in [0.717, 1.165) is 6.42 Å². The van der Waals surface area contributed by atoms with E-state index in [1.807, 2.05) is 6.92 Å². The zero-order valence-electron chi connectivity index (χ0n) is 7.17. The van der Waals surface area contributed by atoms with Crippen LogP contribution in [0.3, 0.4) is 0 Å². The van der Waals surface area contributed by atoms with Crippen LogP contribution in [0.25, 0.3) is 0 Å². The van der Waals surface area contributed by atoms with Crippen molar-refractivity contribution in [2.24, 2.45) is 0 Å². The number of aromatic nitrogens is 3. The van der Waals surface area contributed by atoms with Crippen LogP contribution < -0.4 is 5.32 Å². The maximum absolute atomic E-state index is 12.2. The first kappa shape index (κ1) is 8.40. The van der Waals surface area contributed by atoms with Crippen LogP contribution >= 0.6 is 0 Å². The SMILES string of the molecule is CC1CCn2nc(C(F)F)nc2N1. The highest BCUT2D eigenvalue weighted by molar-refractivity contribution is 5.28. The Bertz CT molecular complexity index is 309. The Hall–Kier alpha value is -1.20. The Morgan fingerprint density at radius 3 is 3.08 bits per heavy atom. The van der Waals surface area contributed by atoms with Crippen LogP contribution in [0.1, 0.15) is 25.6 Å². The quantitative estimate of drug-likeness (QED) is 0.724. The maximum atomic E-state index is 12.2. The number of nitrogens with zero attached hydrogens (tertiary/aromatic N) is 3. The summed E-state index contributed by atoms with van der Waals surface area (Å²) in [4.78, 5) is 3.69. The number of alkyl halides is 2. The van der Waals surface area contributed by atoms with Crippen LogP contribution in [0.2, 0.25) is 0 Å². The second kappa shape index (κ2) is 2.93. The van der Waals surface area contributed by atoms with Crippen molar-refractivity contribution >= 4 is 5.95 Å². The van der Waals surface area contributed by atoms with Gasteiger partial charge in [-0.15, -0.1) is 5.10 Å². The fraction of sp³-hybridized carbons (Fsp3) is 0.714. The van der Waals surface area contributed by atoms with Crippen LogP contribution in [-0.2, 0) is 6.54 Å². The van der Waals surface area contributed by atoms with Gasteiger partial charge in [0.25, 0.3) is 6.43 Å². The van der Waals surface area contributed by atoms with Gasteiger partial charge in [-0.05, 0) is 13.3 Å². The van der Waals surface area contributed by atoms with E-state index in [-0.39, 0.29) is 6.04 Å². The lowest BCUT2D eigenvalue weighted by Gasteiger charge is -2.20. The molecule has 0 saturated heterocycles. The minimum absolute atomic E-state index is 0.280. The summed E-state index contributed by atoms with van der Waals surface area (Å²) >= 11 is 0. The molecule has 13 heavy (non-hydrogen) atoms. The summed E-state index contributed by atoms with van der Waals surface area (Å²) in [6, 6.07) is 0.280. The van der Waals surface area contributed by atoms with Gasteiger partial charge in [0.15, 0.2) is 0 Å². The average molecular weight is 188 g/mol. The Labute approximate surface area is 74.0 Å². The highest BCUT2D eigenvalue weighted by Crippen LogP contribution is 2.20. The summed E-state index contributed by atoms with van der Waals surface area (Å²) in [7, 11) is 0. The van der Waals surface area contributed by atoms with Crippen LogP contribution in [0.4, 0.5) is 14.7 Å². The monoisotopic (exact) mass is 188 g/mol. The van der Waals surface area contributed by atoms with Gasteiger partial charge < -0.3 is 5.32 Å². The fourth-order valence-electron chi connectivity index (χ4n) is 1.32. The molecule has 0 aliphatic carbocycles. The number of rotatable bonds is 1. The molecular formula is C7H10F2N4. The molecule has 1 aromatic rings.